The van der Waals surface area contributed by atoms with Crippen molar-refractivity contribution in [3.8, 4) is 0 Å². The van der Waals surface area contributed by atoms with Crippen molar-refractivity contribution in [1.82, 2.24) is 0 Å². The molecule has 0 saturated heterocycles. The maximum atomic E-state index is 12.1. The zero-order valence-corrected chi connectivity index (χ0v) is 20.7. The monoisotopic (exact) mass is 453 g/mol. The lowest BCUT2D eigenvalue weighted by atomic mass is 9.79. The molecular weight excluding hydrogens is 419 g/mol. The number of aliphatic hydroxyl groups excluding tert-OH is 1. The summed E-state index contributed by atoms with van der Waals surface area (Å²) in [5.74, 6) is 0. The molecule has 0 aromatic heterocycles. The fourth-order valence-electron chi connectivity index (χ4n) is 5.23. The van der Waals surface area contributed by atoms with Crippen LogP contribution in [0.2, 0.25) is 0 Å². The molecule has 0 spiro atoms. The Kier molecular flexibility index (Phi) is 7.13. The first-order valence-corrected chi connectivity index (χ1v) is 13.6. The molecule has 0 aliphatic rings. The second-order valence-corrected chi connectivity index (χ2v) is 13.4. The highest BCUT2D eigenvalue weighted by molar-refractivity contribution is 7.96. The number of rotatable bonds is 8. The molecule has 0 fully saturated rings. The van der Waals surface area contributed by atoms with E-state index in [1.807, 2.05) is 6.07 Å². The molecule has 0 amide bonds. The lowest BCUT2D eigenvalue weighted by Crippen LogP contribution is -2.48. The smallest absolute Gasteiger partial charge is 0.117 e. The van der Waals surface area contributed by atoms with Crippen molar-refractivity contribution in [3.63, 3.8) is 0 Å². The van der Waals surface area contributed by atoms with Crippen LogP contribution in [0, 0.1) is 5.41 Å². The Morgan fingerprint density at radius 3 is 1.30 bits per heavy atom. The van der Waals surface area contributed by atoms with Crippen LogP contribution in [0.15, 0.2) is 121 Å². The molecule has 2 heteroatoms. The predicted octanol–water partition coefficient (Wildman–Crippen LogP) is 6.00. The number of benzene rings is 4. The van der Waals surface area contributed by atoms with Gasteiger partial charge in [0.25, 0.3) is 0 Å². The molecule has 4 aromatic carbocycles. The average Bonchev–Trinajstić information content (AvgIpc) is 2.86. The van der Waals surface area contributed by atoms with Gasteiger partial charge in [0.15, 0.2) is 0 Å². The highest BCUT2D eigenvalue weighted by Crippen LogP contribution is 2.62. The van der Waals surface area contributed by atoms with Gasteiger partial charge in [0, 0.05) is 0 Å². The second kappa shape index (κ2) is 10.0. The fraction of sp³-hybridized carbons (Fsp3) is 0.226. The zero-order valence-electron chi connectivity index (χ0n) is 19.8. The van der Waals surface area contributed by atoms with E-state index < -0.39 is 13.4 Å². The Bertz CT molecular complexity index is 1030. The topological polar surface area (TPSA) is 20.2 Å². The molecule has 4 aromatic rings. The van der Waals surface area contributed by atoms with Crippen molar-refractivity contribution < 1.29 is 5.11 Å². The Balaban J connectivity index is 1.89. The van der Waals surface area contributed by atoms with Crippen LogP contribution in [0.5, 0.6) is 0 Å². The predicted molar refractivity (Wildman–Crippen MR) is 145 cm³/mol. The molecule has 1 N–H and O–H groups in total. The van der Waals surface area contributed by atoms with Gasteiger partial charge in [-0.3, -0.25) is 0 Å². The molecule has 33 heavy (non-hydrogen) atoms. The quantitative estimate of drug-likeness (QED) is 0.325. The first-order chi connectivity index (χ1) is 16.0. The van der Waals surface area contributed by atoms with Gasteiger partial charge in [0.2, 0.25) is 0 Å². The third-order valence-corrected chi connectivity index (χ3v) is 11.7. The number of hydrogen-bond acceptors (Lipinski definition) is 1. The van der Waals surface area contributed by atoms with Crippen LogP contribution in [-0.4, -0.2) is 16.9 Å². The SMILES string of the molecule is C[C@H]([C@@H](O)C(C)(C)Cc1ccccc1)[P+](c1ccccc1)(c1ccccc1)c1ccccc1. The molecule has 0 heterocycles. The molecule has 0 radical (unpaired) electrons. The Hall–Kier alpha value is -2.73. The molecule has 0 aliphatic carbocycles. The van der Waals surface area contributed by atoms with Gasteiger partial charge in [-0.05, 0) is 60.7 Å². The highest BCUT2D eigenvalue weighted by atomic mass is 31.2. The maximum Gasteiger partial charge on any atom is 0.117 e. The number of aliphatic hydroxyl groups is 1. The van der Waals surface area contributed by atoms with Gasteiger partial charge in [0.1, 0.15) is 28.8 Å². The third kappa shape index (κ3) is 4.67. The van der Waals surface area contributed by atoms with Crippen molar-refractivity contribution in [2.24, 2.45) is 5.41 Å². The normalized spacial score (nSPS) is 13.9. The Morgan fingerprint density at radius 2 is 0.939 bits per heavy atom. The van der Waals surface area contributed by atoms with Gasteiger partial charge in [-0.1, -0.05) is 98.8 Å². The van der Waals surface area contributed by atoms with E-state index in [-0.39, 0.29) is 11.1 Å². The zero-order chi connectivity index (χ0) is 23.3. The summed E-state index contributed by atoms with van der Waals surface area (Å²) >= 11 is 0. The molecule has 4 rings (SSSR count). The minimum Gasteiger partial charge on any atom is -0.388 e. The first kappa shape index (κ1) is 23.4. The summed E-state index contributed by atoms with van der Waals surface area (Å²) in [5.41, 5.74) is 1.00. The fourth-order valence-corrected chi connectivity index (χ4v) is 10.3. The standard InChI is InChI=1S/C31H34OP/c1-25(30(32)31(2,3)24-26-16-8-4-9-17-26)33(27-18-10-5-11-19-27,28-20-12-6-13-21-28)29-22-14-7-15-23-29/h4-23,25,30,32H,24H2,1-3H3/q+1/t25-,30-/m1/s1. The molecule has 2 atom stereocenters. The second-order valence-electron chi connectivity index (χ2n) is 9.57. The molecule has 0 aliphatic heterocycles. The Labute approximate surface area is 199 Å². The van der Waals surface area contributed by atoms with Crippen molar-refractivity contribution in [2.45, 2.75) is 39.0 Å². The van der Waals surface area contributed by atoms with Gasteiger partial charge in [-0.25, -0.2) is 0 Å². The number of hydrogen-bond donors (Lipinski definition) is 1. The van der Waals surface area contributed by atoms with E-state index in [2.05, 4.69) is 136 Å². The minimum absolute atomic E-state index is 0.0309. The van der Waals surface area contributed by atoms with E-state index in [0.717, 1.165) is 6.42 Å². The van der Waals surface area contributed by atoms with Crippen LogP contribution in [0.4, 0.5) is 0 Å². The van der Waals surface area contributed by atoms with Gasteiger partial charge in [-0.2, -0.15) is 0 Å². The van der Waals surface area contributed by atoms with E-state index in [4.69, 9.17) is 0 Å². The van der Waals surface area contributed by atoms with Crippen LogP contribution in [0.3, 0.4) is 0 Å². The largest absolute Gasteiger partial charge is 0.388 e. The summed E-state index contributed by atoms with van der Waals surface area (Å²) in [7, 11) is -2.15. The van der Waals surface area contributed by atoms with Crippen molar-refractivity contribution in [2.75, 3.05) is 0 Å². The summed E-state index contributed by atoms with van der Waals surface area (Å²) in [6.07, 6.45) is 0.337. The average molecular weight is 454 g/mol. The van der Waals surface area contributed by atoms with Crippen LogP contribution in [0.25, 0.3) is 0 Å². The van der Waals surface area contributed by atoms with Crippen LogP contribution in [0.1, 0.15) is 26.3 Å². The maximum absolute atomic E-state index is 12.1. The minimum atomic E-state index is -2.15. The molecule has 0 saturated carbocycles. The first-order valence-electron chi connectivity index (χ1n) is 11.7. The van der Waals surface area contributed by atoms with Crippen LogP contribution in [-0.2, 0) is 6.42 Å². The van der Waals surface area contributed by atoms with E-state index in [1.54, 1.807) is 0 Å². The van der Waals surface area contributed by atoms with Gasteiger partial charge < -0.3 is 5.11 Å². The molecular formula is C31H34OP+. The summed E-state index contributed by atoms with van der Waals surface area (Å²) in [4.78, 5) is 0. The summed E-state index contributed by atoms with van der Waals surface area (Å²) < 4.78 is 0. The molecule has 1 nitrogen and oxygen atoms in total. The molecule has 0 bridgehead atoms. The Morgan fingerprint density at radius 1 is 0.606 bits per heavy atom. The van der Waals surface area contributed by atoms with Gasteiger partial charge in [-0.15, -0.1) is 0 Å². The van der Waals surface area contributed by atoms with Gasteiger partial charge >= 0.3 is 0 Å². The van der Waals surface area contributed by atoms with Crippen LogP contribution < -0.4 is 15.9 Å². The summed E-state index contributed by atoms with van der Waals surface area (Å²) in [6, 6.07) is 43.0. The van der Waals surface area contributed by atoms with Gasteiger partial charge in [0.05, 0.1) is 6.10 Å². The van der Waals surface area contributed by atoms with E-state index >= 15 is 0 Å². The van der Waals surface area contributed by atoms with E-state index in [1.165, 1.54) is 21.5 Å². The van der Waals surface area contributed by atoms with Crippen molar-refractivity contribution >= 4 is 23.2 Å². The molecule has 168 valence electrons. The van der Waals surface area contributed by atoms with E-state index in [9.17, 15) is 5.11 Å². The molecule has 0 unspecified atom stereocenters. The summed E-state index contributed by atoms with van der Waals surface area (Å²) in [6.45, 7) is 6.67. The van der Waals surface area contributed by atoms with Crippen molar-refractivity contribution in [1.29, 1.82) is 0 Å². The highest BCUT2D eigenvalue weighted by Gasteiger charge is 2.55. The van der Waals surface area contributed by atoms with E-state index in [0.29, 0.717) is 0 Å². The summed E-state index contributed by atoms with van der Waals surface area (Å²) in [5, 5.41) is 16.0. The lowest BCUT2D eigenvalue weighted by molar-refractivity contribution is 0.0507. The lowest BCUT2D eigenvalue weighted by Gasteiger charge is -2.41. The van der Waals surface area contributed by atoms with Crippen molar-refractivity contribution in [3.05, 3.63) is 127 Å². The third-order valence-electron chi connectivity index (χ3n) is 6.86. The van der Waals surface area contributed by atoms with Crippen LogP contribution >= 0.6 is 7.26 Å².